The van der Waals surface area contributed by atoms with E-state index >= 15 is 0 Å². The summed E-state index contributed by atoms with van der Waals surface area (Å²) in [6, 6.07) is 12.5. The van der Waals surface area contributed by atoms with E-state index in [1.807, 2.05) is 6.92 Å². The number of hydrogen-bond acceptors (Lipinski definition) is 4. The van der Waals surface area contributed by atoms with Crippen molar-refractivity contribution >= 4 is 21.6 Å². The third-order valence-corrected chi connectivity index (χ3v) is 4.66. The molecule has 6 nitrogen and oxygen atoms in total. The number of anilines is 1. The van der Waals surface area contributed by atoms with Crippen LogP contribution < -0.4 is 14.8 Å². The second-order valence-corrected chi connectivity index (χ2v) is 6.80. The number of ether oxygens (including phenoxy) is 1. The monoisotopic (exact) mass is 348 g/mol. The van der Waals surface area contributed by atoms with E-state index in [9.17, 15) is 13.2 Å². The summed E-state index contributed by atoms with van der Waals surface area (Å²) in [6.45, 7) is 2.49. The Kier molecular flexibility index (Phi) is 5.81. The fourth-order valence-corrected chi connectivity index (χ4v) is 3.12. The third-order valence-electron chi connectivity index (χ3n) is 3.28. The highest BCUT2D eigenvalue weighted by Gasteiger charge is 2.16. The quantitative estimate of drug-likeness (QED) is 0.805. The van der Waals surface area contributed by atoms with Crippen LogP contribution in [0.3, 0.4) is 0 Å². The van der Waals surface area contributed by atoms with Gasteiger partial charge >= 0.3 is 0 Å². The molecule has 128 valence electrons. The van der Waals surface area contributed by atoms with Gasteiger partial charge in [-0.25, -0.2) is 8.42 Å². The first-order valence-corrected chi connectivity index (χ1v) is 8.99. The zero-order chi connectivity index (χ0) is 17.6. The molecule has 0 aromatic heterocycles. The Labute approximate surface area is 141 Å². The van der Waals surface area contributed by atoms with Gasteiger partial charge in [-0.05, 0) is 48.9 Å². The van der Waals surface area contributed by atoms with Gasteiger partial charge in [-0.2, -0.15) is 0 Å². The maximum atomic E-state index is 12.5. The molecule has 0 saturated carbocycles. The van der Waals surface area contributed by atoms with Crippen molar-refractivity contribution in [3.05, 3.63) is 54.1 Å². The molecule has 0 fully saturated rings. The van der Waals surface area contributed by atoms with Crippen LogP contribution in [0.15, 0.2) is 53.4 Å². The summed E-state index contributed by atoms with van der Waals surface area (Å²) in [5, 5.41) is 2.72. The number of benzene rings is 2. The molecule has 0 spiro atoms. The Morgan fingerprint density at radius 2 is 1.83 bits per heavy atom. The lowest BCUT2D eigenvalue weighted by Crippen LogP contribution is -2.24. The van der Waals surface area contributed by atoms with Crippen molar-refractivity contribution in [2.45, 2.75) is 18.2 Å². The molecule has 0 heterocycles. The highest BCUT2D eigenvalue weighted by atomic mass is 32.2. The van der Waals surface area contributed by atoms with Gasteiger partial charge in [0.2, 0.25) is 0 Å². The zero-order valence-electron chi connectivity index (χ0n) is 13.6. The van der Waals surface area contributed by atoms with E-state index in [1.165, 1.54) is 19.2 Å². The van der Waals surface area contributed by atoms with Crippen LogP contribution in [0.4, 0.5) is 5.69 Å². The molecule has 7 heteroatoms. The predicted octanol–water partition coefficient (Wildman–Crippen LogP) is 2.64. The molecule has 0 bridgehead atoms. The van der Waals surface area contributed by atoms with Crippen molar-refractivity contribution in [1.82, 2.24) is 5.32 Å². The molecule has 2 aromatic carbocycles. The van der Waals surface area contributed by atoms with Gasteiger partial charge in [-0.1, -0.05) is 13.0 Å². The maximum absolute atomic E-state index is 12.5. The number of rotatable bonds is 7. The van der Waals surface area contributed by atoms with Crippen molar-refractivity contribution in [1.29, 1.82) is 0 Å². The number of carbonyl (C=O) groups is 1. The van der Waals surface area contributed by atoms with E-state index in [2.05, 4.69) is 10.0 Å². The highest BCUT2D eigenvalue weighted by Crippen LogP contribution is 2.20. The van der Waals surface area contributed by atoms with Gasteiger partial charge in [0.05, 0.1) is 12.0 Å². The van der Waals surface area contributed by atoms with Crippen molar-refractivity contribution < 1.29 is 17.9 Å². The Morgan fingerprint density at radius 1 is 1.12 bits per heavy atom. The Bertz CT molecular complexity index is 802. The standard InChI is InChI=1S/C17H20N2O4S/c1-3-11-18-17(20)13-5-4-6-16(12-13)24(21,22)19-14-7-9-15(23-2)10-8-14/h4-10,12,19H,3,11H2,1-2H3,(H,18,20). The largest absolute Gasteiger partial charge is 0.497 e. The average Bonchev–Trinajstić information content (AvgIpc) is 2.60. The molecule has 0 aliphatic heterocycles. The zero-order valence-corrected chi connectivity index (χ0v) is 14.4. The van der Waals surface area contributed by atoms with Crippen molar-refractivity contribution in [2.75, 3.05) is 18.4 Å². The molecule has 2 N–H and O–H groups in total. The normalized spacial score (nSPS) is 10.9. The first-order chi connectivity index (χ1) is 11.5. The average molecular weight is 348 g/mol. The predicted molar refractivity (Wildman–Crippen MR) is 92.9 cm³/mol. The summed E-state index contributed by atoms with van der Waals surface area (Å²) < 4.78 is 32.5. The molecule has 0 unspecified atom stereocenters. The lowest BCUT2D eigenvalue weighted by atomic mass is 10.2. The first-order valence-electron chi connectivity index (χ1n) is 7.51. The molecule has 2 rings (SSSR count). The van der Waals surface area contributed by atoms with Crippen LogP contribution in [0.2, 0.25) is 0 Å². The minimum atomic E-state index is -3.78. The first kappa shape index (κ1) is 17.8. The van der Waals surface area contributed by atoms with E-state index in [4.69, 9.17) is 4.74 Å². The maximum Gasteiger partial charge on any atom is 0.261 e. The van der Waals surface area contributed by atoms with E-state index in [0.29, 0.717) is 23.5 Å². The molecule has 0 atom stereocenters. The van der Waals surface area contributed by atoms with Gasteiger partial charge in [0, 0.05) is 17.8 Å². The Morgan fingerprint density at radius 3 is 2.46 bits per heavy atom. The fourth-order valence-electron chi connectivity index (χ4n) is 2.02. The SMILES string of the molecule is CCCNC(=O)c1cccc(S(=O)(=O)Nc2ccc(OC)cc2)c1. The number of nitrogens with one attached hydrogen (secondary N) is 2. The smallest absolute Gasteiger partial charge is 0.261 e. The van der Waals surface area contributed by atoms with Crippen LogP contribution in [0.1, 0.15) is 23.7 Å². The third kappa shape index (κ3) is 4.48. The summed E-state index contributed by atoms with van der Waals surface area (Å²) in [7, 11) is -2.24. The van der Waals surface area contributed by atoms with Crippen LogP contribution >= 0.6 is 0 Å². The molecule has 24 heavy (non-hydrogen) atoms. The van der Waals surface area contributed by atoms with Crippen LogP contribution in [-0.2, 0) is 10.0 Å². The van der Waals surface area contributed by atoms with E-state index < -0.39 is 10.0 Å². The number of methoxy groups -OCH3 is 1. The number of amides is 1. The fraction of sp³-hybridized carbons (Fsp3) is 0.235. The lowest BCUT2D eigenvalue weighted by Gasteiger charge is -2.10. The van der Waals surface area contributed by atoms with E-state index in [0.717, 1.165) is 6.42 Å². The van der Waals surface area contributed by atoms with Crippen LogP contribution in [0.5, 0.6) is 5.75 Å². The summed E-state index contributed by atoms with van der Waals surface area (Å²) in [5.74, 6) is 0.339. The Balaban J connectivity index is 2.20. The molecular formula is C17H20N2O4S. The molecular weight excluding hydrogens is 328 g/mol. The second-order valence-electron chi connectivity index (χ2n) is 5.12. The molecule has 0 saturated heterocycles. The summed E-state index contributed by atoms with van der Waals surface area (Å²) in [4.78, 5) is 12.0. The van der Waals surface area contributed by atoms with Gasteiger partial charge in [-0.15, -0.1) is 0 Å². The van der Waals surface area contributed by atoms with Crippen LogP contribution in [0, 0.1) is 0 Å². The van der Waals surface area contributed by atoms with Gasteiger partial charge < -0.3 is 10.1 Å². The topological polar surface area (TPSA) is 84.5 Å². The minimum absolute atomic E-state index is 0.0301. The number of sulfonamides is 1. The molecule has 0 aliphatic carbocycles. The van der Waals surface area contributed by atoms with Crippen LogP contribution in [0.25, 0.3) is 0 Å². The summed E-state index contributed by atoms with van der Waals surface area (Å²) >= 11 is 0. The molecule has 0 radical (unpaired) electrons. The van der Waals surface area contributed by atoms with Crippen molar-refractivity contribution in [3.63, 3.8) is 0 Å². The summed E-state index contributed by atoms with van der Waals surface area (Å²) in [5.41, 5.74) is 0.720. The molecule has 2 aromatic rings. The van der Waals surface area contributed by atoms with E-state index in [-0.39, 0.29) is 10.8 Å². The minimum Gasteiger partial charge on any atom is -0.497 e. The van der Waals surface area contributed by atoms with Gasteiger partial charge in [0.25, 0.3) is 15.9 Å². The number of carbonyl (C=O) groups excluding carboxylic acids is 1. The van der Waals surface area contributed by atoms with Crippen molar-refractivity contribution in [2.24, 2.45) is 0 Å². The summed E-state index contributed by atoms with van der Waals surface area (Å²) in [6.07, 6.45) is 0.808. The Hall–Kier alpha value is -2.54. The van der Waals surface area contributed by atoms with E-state index in [1.54, 1.807) is 36.4 Å². The van der Waals surface area contributed by atoms with Gasteiger partial charge in [0.15, 0.2) is 0 Å². The highest BCUT2D eigenvalue weighted by molar-refractivity contribution is 7.92. The van der Waals surface area contributed by atoms with Gasteiger partial charge in [-0.3, -0.25) is 9.52 Å². The van der Waals surface area contributed by atoms with Gasteiger partial charge in [0.1, 0.15) is 5.75 Å². The molecule has 1 amide bonds. The van der Waals surface area contributed by atoms with Crippen molar-refractivity contribution in [3.8, 4) is 5.75 Å². The second kappa shape index (κ2) is 7.83. The lowest BCUT2D eigenvalue weighted by molar-refractivity contribution is 0.0953. The number of hydrogen-bond donors (Lipinski definition) is 2. The van der Waals surface area contributed by atoms with Crippen LogP contribution in [-0.4, -0.2) is 28.0 Å². The molecule has 0 aliphatic rings.